The second kappa shape index (κ2) is 5.28. The van der Waals surface area contributed by atoms with Gasteiger partial charge in [0.2, 0.25) is 0 Å². The monoisotopic (exact) mass is 315 g/mol. The van der Waals surface area contributed by atoms with Crippen molar-refractivity contribution in [3.8, 4) is 0 Å². The van der Waals surface area contributed by atoms with E-state index in [4.69, 9.17) is 11.6 Å². The zero-order valence-electron chi connectivity index (χ0n) is 11.3. The molecule has 0 atom stereocenters. The second-order valence-electron chi connectivity index (χ2n) is 5.47. The SMILES string of the molecule is Clc1ccc2nsnc2c1NC1CC(c2ccccc2)C1. The first-order valence-corrected chi connectivity index (χ1v) is 8.14. The zero-order chi connectivity index (χ0) is 14.2. The van der Waals surface area contributed by atoms with Crippen LogP contribution in [0.15, 0.2) is 42.5 Å². The molecule has 2 aromatic carbocycles. The molecule has 5 heteroatoms. The Balaban J connectivity index is 1.50. The van der Waals surface area contributed by atoms with Gasteiger partial charge in [-0.2, -0.15) is 8.75 Å². The molecule has 21 heavy (non-hydrogen) atoms. The minimum atomic E-state index is 0.458. The number of nitrogens with zero attached hydrogens (tertiary/aromatic N) is 2. The minimum Gasteiger partial charge on any atom is -0.379 e. The molecular formula is C16H14ClN3S. The number of fused-ring (bicyclic) bond motifs is 1. The summed E-state index contributed by atoms with van der Waals surface area (Å²) in [7, 11) is 0. The molecule has 1 fully saturated rings. The molecule has 4 rings (SSSR count). The molecule has 0 amide bonds. The van der Waals surface area contributed by atoms with E-state index in [1.54, 1.807) is 0 Å². The Labute approximate surface area is 132 Å². The number of hydrogen-bond donors (Lipinski definition) is 1. The highest BCUT2D eigenvalue weighted by atomic mass is 35.5. The van der Waals surface area contributed by atoms with Crippen LogP contribution in [0.3, 0.4) is 0 Å². The van der Waals surface area contributed by atoms with Crippen LogP contribution in [0.25, 0.3) is 11.0 Å². The van der Waals surface area contributed by atoms with Gasteiger partial charge in [-0.15, -0.1) is 0 Å². The van der Waals surface area contributed by atoms with Gasteiger partial charge >= 0.3 is 0 Å². The van der Waals surface area contributed by atoms with E-state index in [1.807, 2.05) is 12.1 Å². The third-order valence-corrected chi connectivity index (χ3v) is 4.99. The number of rotatable bonds is 3. The van der Waals surface area contributed by atoms with Gasteiger partial charge in [0.25, 0.3) is 0 Å². The quantitative estimate of drug-likeness (QED) is 0.761. The molecule has 0 spiro atoms. The van der Waals surface area contributed by atoms with Gasteiger partial charge < -0.3 is 5.32 Å². The van der Waals surface area contributed by atoms with E-state index < -0.39 is 0 Å². The van der Waals surface area contributed by atoms with Crippen LogP contribution >= 0.6 is 23.3 Å². The molecule has 1 saturated carbocycles. The third kappa shape index (κ3) is 2.39. The second-order valence-corrected chi connectivity index (χ2v) is 6.41. The van der Waals surface area contributed by atoms with Crippen molar-refractivity contribution in [3.05, 3.63) is 53.1 Å². The van der Waals surface area contributed by atoms with Gasteiger partial charge in [-0.3, -0.25) is 0 Å². The molecule has 0 saturated heterocycles. The first-order chi connectivity index (χ1) is 10.3. The number of benzene rings is 2. The van der Waals surface area contributed by atoms with E-state index in [1.165, 1.54) is 17.3 Å². The fraction of sp³-hybridized carbons (Fsp3) is 0.250. The highest BCUT2D eigenvalue weighted by molar-refractivity contribution is 7.00. The molecule has 0 bridgehead atoms. The smallest absolute Gasteiger partial charge is 0.129 e. The molecule has 1 heterocycles. The maximum absolute atomic E-state index is 6.31. The van der Waals surface area contributed by atoms with E-state index >= 15 is 0 Å². The van der Waals surface area contributed by atoms with Crippen LogP contribution in [0.4, 0.5) is 5.69 Å². The molecule has 3 nitrogen and oxygen atoms in total. The van der Waals surface area contributed by atoms with E-state index in [0.717, 1.165) is 34.6 Å². The van der Waals surface area contributed by atoms with Gasteiger partial charge in [0.15, 0.2) is 0 Å². The number of hydrogen-bond acceptors (Lipinski definition) is 4. The van der Waals surface area contributed by atoms with Crippen molar-refractivity contribution in [1.82, 2.24) is 8.75 Å². The number of anilines is 1. The van der Waals surface area contributed by atoms with Crippen molar-refractivity contribution in [2.75, 3.05) is 5.32 Å². The van der Waals surface area contributed by atoms with Gasteiger partial charge in [0.05, 0.1) is 22.4 Å². The minimum absolute atomic E-state index is 0.458. The molecule has 1 aromatic heterocycles. The molecule has 0 radical (unpaired) electrons. The number of aromatic nitrogens is 2. The Kier molecular flexibility index (Phi) is 3.28. The highest BCUT2D eigenvalue weighted by Gasteiger charge is 2.31. The third-order valence-electron chi connectivity index (χ3n) is 4.13. The maximum Gasteiger partial charge on any atom is 0.129 e. The summed E-state index contributed by atoms with van der Waals surface area (Å²) < 4.78 is 8.62. The average Bonchev–Trinajstić information content (AvgIpc) is 2.94. The maximum atomic E-state index is 6.31. The Morgan fingerprint density at radius 1 is 1.05 bits per heavy atom. The topological polar surface area (TPSA) is 37.8 Å². The largest absolute Gasteiger partial charge is 0.379 e. The Morgan fingerprint density at radius 3 is 2.67 bits per heavy atom. The summed E-state index contributed by atoms with van der Waals surface area (Å²) in [6, 6.07) is 15.0. The molecule has 3 aromatic rings. The van der Waals surface area contributed by atoms with Gasteiger partial charge in [0.1, 0.15) is 11.0 Å². The Hall–Kier alpha value is -1.65. The summed E-state index contributed by atoms with van der Waals surface area (Å²) in [6.45, 7) is 0. The lowest BCUT2D eigenvalue weighted by Crippen LogP contribution is -2.34. The van der Waals surface area contributed by atoms with Gasteiger partial charge in [-0.25, -0.2) is 0 Å². The molecule has 0 unspecified atom stereocenters. The molecule has 106 valence electrons. The predicted molar refractivity (Wildman–Crippen MR) is 88.3 cm³/mol. The number of nitrogens with one attached hydrogen (secondary N) is 1. The first-order valence-electron chi connectivity index (χ1n) is 7.03. The summed E-state index contributed by atoms with van der Waals surface area (Å²) in [5.74, 6) is 0.648. The van der Waals surface area contributed by atoms with Crippen LogP contribution in [0, 0.1) is 0 Å². The van der Waals surface area contributed by atoms with Crippen LogP contribution in [-0.2, 0) is 0 Å². The first kappa shape index (κ1) is 13.0. The van der Waals surface area contributed by atoms with Gasteiger partial charge in [0, 0.05) is 6.04 Å². The van der Waals surface area contributed by atoms with Crippen LogP contribution in [0.2, 0.25) is 5.02 Å². The van der Waals surface area contributed by atoms with Crippen molar-refractivity contribution >= 4 is 40.0 Å². The van der Waals surface area contributed by atoms with E-state index in [-0.39, 0.29) is 0 Å². The van der Waals surface area contributed by atoms with Crippen molar-refractivity contribution in [1.29, 1.82) is 0 Å². The summed E-state index contributed by atoms with van der Waals surface area (Å²) in [4.78, 5) is 0. The summed E-state index contributed by atoms with van der Waals surface area (Å²) in [5, 5.41) is 4.27. The van der Waals surface area contributed by atoms with Gasteiger partial charge in [-0.1, -0.05) is 41.9 Å². The van der Waals surface area contributed by atoms with Crippen LogP contribution in [0.1, 0.15) is 24.3 Å². The Bertz CT molecular complexity index is 766. The van der Waals surface area contributed by atoms with E-state index in [9.17, 15) is 0 Å². The van der Waals surface area contributed by atoms with Crippen LogP contribution in [0.5, 0.6) is 0 Å². The standard InChI is InChI=1S/C16H14ClN3S/c17-13-6-7-14-16(20-21-19-14)15(13)18-12-8-11(9-12)10-4-2-1-3-5-10/h1-7,11-12,18H,8-9H2. The normalized spacial score (nSPS) is 21.2. The summed E-state index contributed by atoms with van der Waals surface area (Å²) in [6.07, 6.45) is 2.27. The average molecular weight is 316 g/mol. The molecule has 1 N–H and O–H groups in total. The predicted octanol–water partition coefficient (Wildman–Crippen LogP) is 4.70. The fourth-order valence-electron chi connectivity index (χ4n) is 2.90. The van der Waals surface area contributed by atoms with E-state index in [2.05, 4.69) is 44.4 Å². The van der Waals surface area contributed by atoms with Gasteiger partial charge in [-0.05, 0) is 36.5 Å². The zero-order valence-corrected chi connectivity index (χ0v) is 12.9. The fourth-order valence-corrected chi connectivity index (χ4v) is 3.65. The lowest BCUT2D eigenvalue weighted by atomic mass is 9.76. The summed E-state index contributed by atoms with van der Waals surface area (Å²) >= 11 is 7.54. The van der Waals surface area contributed by atoms with E-state index in [0.29, 0.717) is 12.0 Å². The molecular weight excluding hydrogens is 302 g/mol. The van der Waals surface area contributed by atoms with Crippen molar-refractivity contribution < 1.29 is 0 Å². The highest BCUT2D eigenvalue weighted by Crippen LogP contribution is 2.40. The van der Waals surface area contributed by atoms with Crippen LogP contribution < -0.4 is 5.32 Å². The lowest BCUT2D eigenvalue weighted by molar-refractivity contribution is 0.374. The van der Waals surface area contributed by atoms with Crippen molar-refractivity contribution in [2.45, 2.75) is 24.8 Å². The molecule has 1 aliphatic carbocycles. The number of halogens is 1. The summed E-state index contributed by atoms with van der Waals surface area (Å²) in [5.41, 5.74) is 4.15. The lowest BCUT2D eigenvalue weighted by Gasteiger charge is -2.37. The van der Waals surface area contributed by atoms with Crippen molar-refractivity contribution in [2.24, 2.45) is 0 Å². The van der Waals surface area contributed by atoms with Crippen molar-refractivity contribution in [3.63, 3.8) is 0 Å². The Morgan fingerprint density at radius 2 is 1.86 bits per heavy atom. The van der Waals surface area contributed by atoms with Crippen LogP contribution in [-0.4, -0.2) is 14.8 Å². The molecule has 0 aliphatic heterocycles. The molecule has 1 aliphatic rings.